The molecule has 0 bridgehead atoms. The maximum atomic E-state index is 13.6. The molecule has 6 nitrogen and oxygen atoms in total. The number of phenolic OH excluding ortho intramolecular Hbond substituents is 1. The number of phenols is 1. The minimum Gasteiger partial charge on any atom is -0.506 e. The van der Waals surface area contributed by atoms with Crippen molar-refractivity contribution < 1.29 is 14.3 Å². The van der Waals surface area contributed by atoms with Crippen molar-refractivity contribution in [3.8, 4) is 5.75 Å². The van der Waals surface area contributed by atoms with Crippen molar-refractivity contribution in [1.82, 2.24) is 10.2 Å². The molecule has 0 aromatic heterocycles. The molecule has 28 heavy (non-hydrogen) atoms. The number of amides is 1. The summed E-state index contributed by atoms with van der Waals surface area (Å²) >= 11 is 0. The molecule has 1 saturated heterocycles. The van der Waals surface area contributed by atoms with Gasteiger partial charge in [0, 0.05) is 38.2 Å². The Bertz CT molecular complexity index is 687. The van der Waals surface area contributed by atoms with Gasteiger partial charge in [-0.3, -0.25) is 9.79 Å². The first kappa shape index (κ1) is 20.4. The van der Waals surface area contributed by atoms with Gasteiger partial charge in [0.25, 0.3) is 0 Å². The van der Waals surface area contributed by atoms with Gasteiger partial charge in [0.2, 0.25) is 5.91 Å². The van der Waals surface area contributed by atoms with Crippen LogP contribution in [0.1, 0.15) is 57.8 Å². The number of rotatable bonds is 6. The number of anilines is 1. The highest BCUT2D eigenvalue weighted by Gasteiger charge is 2.19. The zero-order chi connectivity index (χ0) is 19.8. The maximum Gasteiger partial charge on any atom is 0.222 e. The van der Waals surface area contributed by atoms with Crippen molar-refractivity contribution in [2.45, 2.75) is 63.8 Å². The zero-order valence-corrected chi connectivity index (χ0v) is 16.4. The molecule has 1 aliphatic carbocycles. The molecule has 154 valence electrons. The SMILES string of the molecule is O=C1CCCN1CCCN=C(Nc1cc(F)ccc1O)NC1CCCCCC1. The minimum absolute atomic E-state index is 0.0144. The normalized spacial score (nSPS) is 19.0. The van der Waals surface area contributed by atoms with E-state index in [9.17, 15) is 14.3 Å². The second-order valence-electron chi connectivity index (χ2n) is 7.69. The number of benzene rings is 1. The van der Waals surface area contributed by atoms with Gasteiger partial charge in [0.1, 0.15) is 11.6 Å². The summed E-state index contributed by atoms with van der Waals surface area (Å²) in [5.74, 6) is 0.352. The van der Waals surface area contributed by atoms with Gasteiger partial charge >= 0.3 is 0 Å². The number of halogens is 1. The Kier molecular flexibility index (Phi) is 7.51. The molecule has 2 fully saturated rings. The highest BCUT2D eigenvalue weighted by atomic mass is 19.1. The molecule has 1 amide bonds. The Morgan fingerprint density at radius 2 is 2.00 bits per heavy atom. The summed E-state index contributed by atoms with van der Waals surface area (Å²) in [5, 5.41) is 16.5. The number of hydrogen-bond donors (Lipinski definition) is 3. The van der Waals surface area contributed by atoms with Crippen LogP contribution in [0.25, 0.3) is 0 Å². The highest BCUT2D eigenvalue weighted by Crippen LogP contribution is 2.24. The van der Waals surface area contributed by atoms with E-state index >= 15 is 0 Å². The van der Waals surface area contributed by atoms with Crippen LogP contribution in [0.5, 0.6) is 5.75 Å². The summed E-state index contributed by atoms with van der Waals surface area (Å²) in [7, 11) is 0. The second-order valence-corrected chi connectivity index (χ2v) is 7.69. The smallest absolute Gasteiger partial charge is 0.222 e. The summed E-state index contributed by atoms with van der Waals surface area (Å²) in [4.78, 5) is 18.2. The number of likely N-dealkylation sites (tertiary alicyclic amines) is 1. The number of aliphatic imine (C=N–C) groups is 1. The van der Waals surface area contributed by atoms with Gasteiger partial charge in [-0.25, -0.2) is 4.39 Å². The molecule has 1 aromatic carbocycles. The largest absolute Gasteiger partial charge is 0.506 e. The Morgan fingerprint density at radius 1 is 1.21 bits per heavy atom. The Balaban J connectivity index is 1.62. The van der Waals surface area contributed by atoms with E-state index < -0.39 is 5.82 Å². The van der Waals surface area contributed by atoms with Crippen molar-refractivity contribution in [1.29, 1.82) is 0 Å². The molecule has 3 N–H and O–H groups in total. The van der Waals surface area contributed by atoms with Gasteiger partial charge in [-0.05, 0) is 37.8 Å². The van der Waals surface area contributed by atoms with Gasteiger partial charge in [0.05, 0.1) is 5.69 Å². The molecule has 0 spiro atoms. The topological polar surface area (TPSA) is 77.0 Å². The molecule has 1 aromatic rings. The van der Waals surface area contributed by atoms with Gasteiger partial charge in [0.15, 0.2) is 5.96 Å². The van der Waals surface area contributed by atoms with E-state index in [-0.39, 0.29) is 11.7 Å². The molecule has 0 atom stereocenters. The average molecular weight is 391 g/mol. The number of carbonyl (C=O) groups is 1. The minimum atomic E-state index is -0.415. The first-order chi connectivity index (χ1) is 13.6. The molecular formula is C21H31FN4O2. The Morgan fingerprint density at radius 3 is 2.71 bits per heavy atom. The van der Waals surface area contributed by atoms with E-state index in [0.29, 0.717) is 37.2 Å². The van der Waals surface area contributed by atoms with Crippen LogP contribution in [-0.4, -0.2) is 47.5 Å². The first-order valence-electron chi connectivity index (χ1n) is 10.5. The molecule has 1 saturated carbocycles. The monoisotopic (exact) mass is 390 g/mol. The lowest BCUT2D eigenvalue weighted by Gasteiger charge is -2.21. The molecule has 7 heteroatoms. The van der Waals surface area contributed by atoms with Crippen LogP contribution < -0.4 is 10.6 Å². The quantitative estimate of drug-likeness (QED) is 0.228. The standard InChI is InChI=1S/C21H31FN4O2/c22-16-10-11-19(27)18(15-16)25-21(24-17-7-3-1-2-4-8-17)23-12-6-14-26-13-5-9-20(26)28/h10-11,15,17,27H,1-9,12-14H2,(H2,23,24,25). The predicted octanol–water partition coefficient (Wildman–Crippen LogP) is 3.62. The molecule has 0 radical (unpaired) electrons. The third-order valence-electron chi connectivity index (χ3n) is 5.44. The van der Waals surface area contributed by atoms with Crippen molar-refractivity contribution in [3.05, 3.63) is 24.0 Å². The fourth-order valence-electron chi connectivity index (χ4n) is 3.87. The molecule has 2 aliphatic rings. The summed E-state index contributed by atoms with van der Waals surface area (Å²) in [6, 6.07) is 4.15. The number of aromatic hydroxyl groups is 1. The predicted molar refractivity (Wildman–Crippen MR) is 109 cm³/mol. The molecule has 1 heterocycles. The van der Waals surface area contributed by atoms with E-state index in [1.807, 2.05) is 4.90 Å². The fourth-order valence-corrected chi connectivity index (χ4v) is 3.87. The highest BCUT2D eigenvalue weighted by molar-refractivity contribution is 5.95. The summed E-state index contributed by atoms with van der Waals surface area (Å²) in [6.45, 7) is 2.11. The van der Waals surface area contributed by atoms with Crippen LogP contribution in [0, 0.1) is 5.82 Å². The lowest BCUT2D eigenvalue weighted by molar-refractivity contribution is -0.127. The van der Waals surface area contributed by atoms with E-state index in [1.165, 1.54) is 43.9 Å². The van der Waals surface area contributed by atoms with E-state index in [2.05, 4.69) is 15.6 Å². The van der Waals surface area contributed by atoms with Gasteiger partial charge in [-0.1, -0.05) is 25.7 Å². The van der Waals surface area contributed by atoms with Crippen LogP contribution in [0.15, 0.2) is 23.2 Å². The van der Waals surface area contributed by atoms with Gasteiger partial charge in [-0.2, -0.15) is 0 Å². The van der Waals surface area contributed by atoms with Crippen LogP contribution in [0.3, 0.4) is 0 Å². The average Bonchev–Trinajstić information content (AvgIpc) is 2.91. The van der Waals surface area contributed by atoms with Crippen molar-refractivity contribution >= 4 is 17.6 Å². The Hall–Kier alpha value is -2.31. The van der Waals surface area contributed by atoms with Crippen molar-refractivity contribution in [3.63, 3.8) is 0 Å². The van der Waals surface area contributed by atoms with E-state index in [1.54, 1.807) is 0 Å². The molecule has 0 unspecified atom stereocenters. The number of nitrogens with one attached hydrogen (secondary N) is 2. The fraction of sp³-hybridized carbons (Fsp3) is 0.619. The van der Waals surface area contributed by atoms with Crippen LogP contribution in [0.2, 0.25) is 0 Å². The maximum absolute atomic E-state index is 13.6. The second kappa shape index (κ2) is 10.3. The van der Waals surface area contributed by atoms with Crippen LogP contribution in [0.4, 0.5) is 10.1 Å². The summed E-state index contributed by atoms with van der Waals surface area (Å²) < 4.78 is 13.6. The third kappa shape index (κ3) is 6.11. The van der Waals surface area contributed by atoms with Crippen molar-refractivity contribution in [2.75, 3.05) is 25.0 Å². The third-order valence-corrected chi connectivity index (χ3v) is 5.44. The van der Waals surface area contributed by atoms with Crippen LogP contribution in [-0.2, 0) is 4.79 Å². The van der Waals surface area contributed by atoms with Gasteiger partial charge < -0.3 is 20.6 Å². The summed E-state index contributed by atoms with van der Waals surface area (Å²) in [5.41, 5.74) is 0.301. The Labute approximate surface area is 166 Å². The first-order valence-corrected chi connectivity index (χ1v) is 10.5. The zero-order valence-electron chi connectivity index (χ0n) is 16.4. The molecule has 3 rings (SSSR count). The number of hydrogen-bond acceptors (Lipinski definition) is 3. The number of carbonyl (C=O) groups excluding carboxylic acids is 1. The number of nitrogens with zero attached hydrogens (tertiary/aromatic N) is 2. The molecular weight excluding hydrogens is 359 g/mol. The van der Waals surface area contributed by atoms with Gasteiger partial charge in [-0.15, -0.1) is 0 Å². The van der Waals surface area contributed by atoms with E-state index in [0.717, 1.165) is 32.2 Å². The van der Waals surface area contributed by atoms with Crippen LogP contribution >= 0.6 is 0 Å². The lowest BCUT2D eigenvalue weighted by atomic mass is 10.1. The van der Waals surface area contributed by atoms with E-state index in [4.69, 9.17) is 0 Å². The number of guanidine groups is 1. The summed E-state index contributed by atoms with van der Waals surface area (Å²) in [6.07, 6.45) is 9.42. The molecule has 1 aliphatic heterocycles. The lowest BCUT2D eigenvalue weighted by Crippen LogP contribution is -2.39. The van der Waals surface area contributed by atoms with Crippen molar-refractivity contribution in [2.24, 2.45) is 4.99 Å².